The average Bonchev–Trinajstić information content (AvgIpc) is 2.35. The van der Waals surface area contributed by atoms with Gasteiger partial charge in [-0.05, 0) is 24.1 Å². The van der Waals surface area contributed by atoms with Gasteiger partial charge in [-0.15, -0.1) is 0 Å². The Morgan fingerprint density at radius 2 is 2.11 bits per heavy atom. The van der Waals surface area contributed by atoms with E-state index >= 15 is 0 Å². The molecule has 0 bridgehead atoms. The lowest BCUT2D eigenvalue weighted by Gasteiger charge is -2.15. The lowest BCUT2D eigenvalue weighted by atomic mass is 10.1. The van der Waals surface area contributed by atoms with Crippen molar-refractivity contribution in [2.75, 3.05) is 6.54 Å². The summed E-state index contributed by atoms with van der Waals surface area (Å²) in [5.74, 6) is -0.0488. The van der Waals surface area contributed by atoms with Crippen molar-refractivity contribution >= 4 is 21.6 Å². The highest BCUT2D eigenvalue weighted by molar-refractivity contribution is 7.89. The van der Waals surface area contributed by atoms with Crippen molar-refractivity contribution in [1.29, 1.82) is 5.26 Å². The summed E-state index contributed by atoms with van der Waals surface area (Å²) in [6.07, 6.45) is -0.761. The molecule has 5 nitrogen and oxygen atoms in total. The van der Waals surface area contributed by atoms with Crippen molar-refractivity contribution in [3.8, 4) is 6.07 Å². The highest BCUT2D eigenvalue weighted by Crippen LogP contribution is 2.20. The van der Waals surface area contributed by atoms with Gasteiger partial charge in [0.25, 0.3) is 0 Å². The zero-order valence-corrected chi connectivity index (χ0v) is 12.2. The first kappa shape index (κ1) is 15.9. The van der Waals surface area contributed by atoms with Crippen LogP contribution in [0.3, 0.4) is 0 Å². The fraction of sp³-hybridized carbons (Fsp3) is 0.417. The van der Waals surface area contributed by atoms with Crippen LogP contribution in [-0.2, 0) is 10.0 Å². The van der Waals surface area contributed by atoms with E-state index in [-0.39, 0.29) is 27.9 Å². The summed E-state index contributed by atoms with van der Waals surface area (Å²) in [4.78, 5) is -0.0348. The summed E-state index contributed by atoms with van der Waals surface area (Å²) in [6, 6.07) is 5.71. The predicted octanol–water partition coefficient (Wildman–Crippen LogP) is 1.51. The number of nitrogens with one attached hydrogen (secondary N) is 1. The number of hydrogen-bond donors (Lipinski definition) is 2. The van der Waals surface area contributed by atoms with Crippen LogP contribution in [0.4, 0.5) is 0 Å². The fourth-order valence-corrected chi connectivity index (χ4v) is 2.63. The Kier molecular flexibility index (Phi) is 5.32. The highest BCUT2D eigenvalue weighted by Gasteiger charge is 2.18. The molecule has 0 spiro atoms. The number of aliphatic hydroxyl groups excluding tert-OH is 1. The van der Waals surface area contributed by atoms with E-state index in [0.29, 0.717) is 0 Å². The van der Waals surface area contributed by atoms with Gasteiger partial charge in [-0.3, -0.25) is 0 Å². The second-order valence-corrected chi connectivity index (χ2v) is 6.59. The van der Waals surface area contributed by atoms with Gasteiger partial charge in [0, 0.05) is 6.54 Å². The fourth-order valence-electron chi connectivity index (χ4n) is 1.27. The maximum absolute atomic E-state index is 11.9. The normalized spacial score (nSPS) is 13.3. The summed E-state index contributed by atoms with van der Waals surface area (Å²) in [6.45, 7) is 3.51. The van der Waals surface area contributed by atoms with Crippen molar-refractivity contribution in [2.45, 2.75) is 24.8 Å². The predicted molar refractivity (Wildman–Crippen MR) is 72.2 cm³/mol. The Balaban J connectivity index is 2.90. The number of nitrogens with zero attached hydrogens (tertiary/aromatic N) is 1. The van der Waals surface area contributed by atoms with Gasteiger partial charge in [0.2, 0.25) is 10.0 Å². The molecule has 0 saturated heterocycles. The smallest absolute Gasteiger partial charge is 0.240 e. The van der Waals surface area contributed by atoms with Crippen LogP contribution in [0.2, 0.25) is 5.02 Å². The monoisotopic (exact) mass is 302 g/mol. The van der Waals surface area contributed by atoms with Gasteiger partial charge in [-0.1, -0.05) is 25.4 Å². The molecular weight excluding hydrogens is 288 g/mol. The zero-order chi connectivity index (χ0) is 14.6. The summed E-state index contributed by atoms with van der Waals surface area (Å²) in [5.41, 5.74) is 0.211. The lowest BCUT2D eigenvalue weighted by Crippen LogP contribution is -2.34. The van der Waals surface area contributed by atoms with Crippen LogP contribution in [0.1, 0.15) is 19.4 Å². The van der Waals surface area contributed by atoms with Gasteiger partial charge in [0.15, 0.2) is 0 Å². The van der Waals surface area contributed by atoms with Gasteiger partial charge >= 0.3 is 0 Å². The van der Waals surface area contributed by atoms with Gasteiger partial charge in [0.1, 0.15) is 6.07 Å². The van der Waals surface area contributed by atoms with Gasteiger partial charge in [-0.2, -0.15) is 5.26 Å². The quantitative estimate of drug-likeness (QED) is 0.862. The molecule has 0 heterocycles. The van der Waals surface area contributed by atoms with Gasteiger partial charge in [0.05, 0.1) is 21.6 Å². The van der Waals surface area contributed by atoms with Gasteiger partial charge in [-0.25, -0.2) is 13.1 Å². The van der Waals surface area contributed by atoms with Crippen LogP contribution in [0.25, 0.3) is 0 Å². The Bertz CT molecular complexity index is 593. The second kappa shape index (κ2) is 6.35. The molecule has 0 aliphatic carbocycles. The van der Waals surface area contributed by atoms with Crippen molar-refractivity contribution < 1.29 is 13.5 Å². The minimum Gasteiger partial charge on any atom is -0.391 e. The lowest BCUT2D eigenvalue weighted by molar-refractivity contribution is 0.129. The third kappa shape index (κ3) is 4.18. The SMILES string of the molecule is CC(C)C(O)CNS(=O)(=O)c1ccc(C#N)c(Cl)c1. The Hall–Kier alpha value is -1.13. The molecule has 19 heavy (non-hydrogen) atoms. The summed E-state index contributed by atoms with van der Waals surface area (Å²) in [5, 5.41) is 18.4. The largest absolute Gasteiger partial charge is 0.391 e. The molecule has 0 fully saturated rings. The van der Waals surface area contributed by atoms with Crippen LogP contribution in [-0.4, -0.2) is 26.2 Å². The Labute approximate surface area is 117 Å². The number of rotatable bonds is 5. The van der Waals surface area contributed by atoms with Crippen LogP contribution in [0, 0.1) is 17.2 Å². The standard InChI is InChI=1S/C12H15ClN2O3S/c1-8(2)12(16)7-15-19(17,18)10-4-3-9(6-14)11(13)5-10/h3-5,8,12,15-16H,7H2,1-2H3. The van der Waals surface area contributed by atoms with Crippen molar-refractivity contribution in [1.82, 2.24) is 4.72 Å². The first-order valence-corrected chi connectivity index (χ1v) is 7.51. The molecule has 0 saturated carbocycles. The molecule has 0 aromatic heterocycles. The molecule has 2 N–H and O–H groups in total. The number of sulfonamides is 1. The minimum atomic E-state index is -3.74. The maximum Gasteiger partial charge on any atom is 0.240 e. The molecular formula is C12H15ClN2O3S. The summed E-state index contributed by atoms with van der Waals surface area (Å²) < 4.78 is 26.2. The zero-order valence-electron chi connectivity index (χ0n) is 10.6. The van der Waals surface area contributed by atoms with E-state index in [2.05, 4.69) is 4.72 Å². The Morgan fingerprint density at radius 1 is 1.47 bits per heavy atom. The van der Waals surface area contributed by atoms with E-state index in [1.54, 1.807) is 13.8 Å². The van der Waals surface area contributed by atoms with Gasteiger partial charge < -0.3 is 5.11 Å². The molecule has 1 unspecified atom stereocenters. The van der Waals surface area contributed by atoms with Crippen molar-refractivity contribution in [2.24, 2.45) is 5.92 Å². The van der Waals surface area contributed by atoms with E-state index < -0.39 is 16.1 Å². The van der Waals surface area contributed by atoms with E-state index in [0.717, 1.165) is 0 Å². The summed E-state index contributed by atoms with van der Waals surface area (Å²) >= 11 is 5.78. The van der Waals surface area contributed by atoms with Crippen LogP contribution in [0.5, 0.6) is 0 Å². The van der Waals surface area contributed by atoms with Crippen LogP contribution >= 0.6 is 11.6 Å². The number of nitriles is 1. The topological polar surface area (TPSA) is 90.2 Å². The Morgan fingerprint density at radius 3 is 2.58 bits per heavy atom. The van der Waals surface area contributed by atoms with Crippen LogP contribution in [0.15, 0.2) is 23.1 Å². The third-order valence-corrected chi connectivity index (χ3v) is 4.36. The number of aliphatic hydroxyl groups is 1. The second-order valence-electron chi connectivity index (χ2n) is 4.42. The highest BCUT2D eigenvalue weighted by atomic mass is 35.5. The van der Waals surface area contributed by atoms with E-state index in [9.17, 15) is 13.5 Å². The molecule has 1 rings (SSSR count). The summed E-state index contributed by atoms with van der Waals surface area (Å²) in [7, 11) is -3.74. The maximum atomic E-state index is 11.9. The first-order valence-electron chi connectivity index (χ1n) is 5.65. The molecule has 0 aliphatic heterocycles. The molecule has 0 amide bonds. The number of benzene rings is 1. The minimum absolute atomic E-state index is 0.0348. The van der Waals surface area contributed by atoms with E-state index in [1.165, 1.54) is 18.2 Å². The molecule has 7 heteroatoms. The molecule has 0 radical (unpaired) electrons. The molecule has 1 aromatic carbocycles. The molecule has 104 valence electrons. The average molecular weight is 303 g/mol. The number of halogens is 1. The van der Waals surface area contributed by atoms with E-state index in [1.807, 2.05) is 6.07 Å². The van der Waals surface area contributed by atoms with Crippen molar-refractivity contribution in [3.63, 3.8) is 0 Å². The molecule has 0 aliphatic rings. The first-order chi connectivity index (χ1) is 8.77. The number of hydrogen-bond acceptors (Lipinski definition) is 4. The molecule has 1 aromatic rings. The van der Waals surface area contributed by atoms with Crippen molar-refractivity contribution in [3.05, 3.63) is 28.8 Å². The van der Waals surface area contributed by atoms with E-state index in [4.69, 9.17) is 16.9 Å². The van der Waals surface area contributed by atoms with Crippen LogP contribution < -0.4 is 4.72 Å². The molecule has 1 atom stereocenters. The third-order valence-electron chi connectivity index (χ3n) is 2.62.